The van der Waals surface area contributed by atoms with Crippen LogP contribution in [0.3, 0.4) is 0 Å². The molecule has 0 aromatic heterocycles. The summed E-state index contributed by atoms with van der Waals surface area (Å²) in [5.74, 6) is -0.778. The van der Waals surface area contributed by atoms with E-state index in [-0.39, 0.29) is 6.10 Å². The second-order valence-corrected chi connectivity index (χ2v) is 5.85. The summed E-state index contributed by atoms with van der Waals surface area (Å²) < 4.78 is 32.7. The van der Waals surface area contributed by atoms with Crippen LogP contribution in [-0.4, -0.2) is 36.7 Å². The van der Waals surface area contributed by atoms with Crippen LogP contribution in [0.4, 0.5) is 8.78 Å². The summed E-state index contributed by atoms with van der Waals surface area (Å²) in [4.78, 5) is 6.17. The van der Waals surface area contributed by atoms with Crippen LogP contribution in [0, 0.1) is 11.6 Å². The Bertz CT molecular complexity index is 552. The SMILES string of the molecule is CC1(c2cc(F)cc(F)c2)CN=C(N)N1CC1CCCO1. The second-order valence-electron chi connectivity index (χ2n) is 5.85. The van der Waals surface area contributed by atoms with Gasteiger partial charge in [-0.1, -0.05) is 0 Å². The van der Waals surface area contributed by atoms with Gasteiger partial charge < -0.3 is 15.4 Å². The topological polar surface area (TPSA) is 50.8 Å². The molecular weight excluding hydrogens is 276 g/mol. The Kier molecular flexibility index (Phi) is 3.57. The largest absolute Gasteiger partial charge is 0.376 e. The lowest BCUT2D eigenvalue weighted by atomic mass is 9.90. The van der Waals surface area contributed by atoms with E-state index in [9.17, 15) is 8.78 Å². The molecule has 0 amide bonds. The third kappa shape index (κ3) is 2.60. The van der Waals surface area contributed by atoms with E-state index < -0.39 is 17.2 Å². The van der Waals surface area contributed by atoms with Crippen LogP contribution >= 0.6 is 0 Å². The van der Waals surface area contributed by atoms with Crippen molar-refractivity contribution in [2.45, 2.75) is 31.4 Å². The molecule has 2 unspecified atom stereocenters. The van der Waals surface area contributed by atoms with Crippen LogP contribution in [0.1, 0.15) is 25.3 Å². The molecule has 0 aliphatic carbocycles. The molecule has 1 fully saturated rings. The molecule has 2 N–H and O–H groups in total. The minimum absolute atomic E-state index is 0.0922. The predicted molar refractivity (Wildman–Crippen MR) is 75.9 cm³/mol. The van der Waals surface area contributed by atoms with Crippen molar-refractivity contribution >= 4 is 5.96 Å². The molecule has 0 radical (unpaired) electrons. The van der Waals surface area contributed by atoms with E-state index >= 15 is 0 Å². The molecule has 2 aliphatic rings. The van der Waals surface area contributed by atoms with Crippen LogP contribution in [0.15, 0.2) is 23.2 Å². The summed E-state index contributed by atoms with van der Waals surface area (Å²) >= 11 is 0. The number of nitrogens with two attached hydrogens (primary N) is 1. The first-order valence-corrected chi connectivity index (χ1v) is 7.15. The molecule has 1 aromatic rings. The Labute approximate surface area is 122 Å². The molecule has 2 aliphatic heterocycles. The van der Waals surface area contributed by atoms with Gasteiger partial charge in [-0.05, 0) is 37.5 Å². The molecule has 3 rings (SSSR count). The van der Waals surface area contributed by atoms with Crippen LogP contribution in [0.5, 0.6) is 0 Å². The molecule has 1 saturated heterocycles. The number of ether oxygens (including phenoxy) is 1. The fraction of sp³-hybridized carbons (Fsp3) is 0.533. The zero-order valence-electron chi connectivity index (χ0n) is 12.0. The van der Waals surface area contributed by atoms with Crippen molar-refractivity contribution in [1.29, 1.82) is 0 Å². The molecule has 6 heteroatoms. The maximum absolute atomic E-state index is 13.5. The lowest BCUT2D eigenvalue weighted by molar-refractivity contribution is 0.0689. The minimum atomic E-state index is -0.640. The minimum Gasteiger partial charge on any atom is -0.376 e. The zero-order valence-corrected chi connectivity index (χ0v) is 12.0. The third-order valence-corrected chi connectivity index (χ3v) is 4.32. The summed E-state index contributed by atoms with van der Waals surface area (Å²) in [6, 6.07) is 3.57. The van der Waals surface area contributed by atoms with Gasteiger partial charge in [0.25, 0.3) is 0 Å². The number of halogens is 2. The Hall–Kier alpha value is -1.69. The predicted octanol–water partition coefficient (Wildman–Crippen LogP) is 1.99. The number of benzene rings is 1. The van der Waals surface area contributed by atoms with Crippen molar-refractivity contribution in [2.24, 2.45) is 10.7 Å². The monoisotopic (exact) mass is 295 g/mol. The Morgan fingerprint density at radius 3 is 2.71 bits per heavy atom. The molecule has 0 saturated carbocycles. The molecular formula is C15H19F2N3O. The van der Waals surface area contributed by atoms with Gasteiger partial charge in [-0.3, -0.25) is 4.99 Å². The van der Waals surface area contributed by atoms with E-state index in [0.29, 0.717) is 24.6 Å². The number of guanidine groups is 1. The van der Waals surface area contributed by atoms with Gasteiger partial charge in [0.15, 0.2) is 5.96 Å². The zero-order chi connectivity index (χ0) is 15.0. The van der Waals surface area contributed by atoms with E-state index in [1.807, 2.05) is 11.8 Å². The lowest BCUT2D eigenvalue weighted by Gasteiger charge is -2.38. The number of rotatable bonds is 3. The van der Waals surface area contributed by atoms with Crippen molar-refractivity contribution in [2.75, 3.05) is 19.7 Å². The number of aliphatic imine (C=N–C) groups is 1. The highest BCUT2D eigenvalue weighted by atomic mass is 19.1. The summed E-state index contributed by atoms with van der Waals surface area (Å²) in [6.07, 6.45) is 2.09. The lowest BCUT2D eigenvalue weighted by Crippen LogP contribution is -2.50. The van der Waals surface area contributed by atoms with Crippen LogP contribution in [0.2, 0.25) is 0 Å². The first kappa shape index (κ1) is 14.3. The van der Waals surface area contributed by atoms with Crippen molar-refractivity contribution in [1.82, 2.24) is 4.90 Å². The van der Waals surface area contributed by atoms with E-state index in [0.717, 1.165) is 25.5 Å². The average Bonchev–Trinajstić information content (AvgIpc) is 3.02. The molecule has 0 spiro atoms. The molecule has 2 heterocycles. The molecule has 1 aromatic carbocycles. The van der Waals surface area contributed by atoms with Gasteiger partial charge in [0.2, 0.25) is 0 Å². The van der Waals surface area contributed by atoms with Crippen molar-refractivity contribution in [3.8, 4) is 0 Å². The van der Waals surface area contributed by atoms with Gasteiger partial charge in [0, 0.05) is 19.2 Å². The quantitative estimate of drug-likeness (QED) is 0.928. The van der Waals surface area contributed by atoms with Gasteiger partial charge in [-0.25, -0.2) is 8.78 Å². The fourth-order valence-electron chi connectivity index (χ4n) is 3.06. The van der Waals surface area contributed by atoms with Crippen LogP contribution in [-0.2, 0) is 10.3 Å². The Morgan fingerprint density at radius 1 is 1.38 bits per heavy atom. The van der Waals surface area contributed by atoms with Crippen molar-refractivity contribution < 1.29 is 13.5 Å². The second kappa shape index (κ2) is 5.26. The summed E-state index contributed by atoms with van der Waals surface area (Å²) in [5, 5.41) is 0. The van der Waals surface area contributed by atoms with Crippen molar-refractivity contribution in [3.05, 3.63) is 35.4 Å². The number of hydrogen-bond donors (Lipinski definition) is 1. The van der Waals surface area contributed by atoms with Crippen molar-refractivity contribution in [3.63, 3.8) is 0 Å². The van der Waals surface area contributed by atoms with Gasteiger partial charge in [-0.15, -0.1) is 0 Å². The summed E-state index contributed by atoms with van der Waals surface area (Å²) in [7, 11) is 0. The highest BCUT2D eigenvalue weighted by molar-refractivity contribution is 5.81. The Morgan fingerprint density at radius 2 is 2.10 bits per heavy atom. The van der Waals surface area contributed by atoms with E-state index in [2.05, 4.69) is 4.99 Å². The smallest absolute Gasteiger partial charge is 0.192 e. The normalized spacial score (nSPS) is 29.0. The van der Waals surface area contributed by atoms with E-state index in [1.54, 1.807) is 0 Å². The molecule has 21 heavy (non-hydrogen) atoms. The maximum atomic E-state index is 13.5. The fourth-order valence-corrected chi connectivity index (χ4v) is 3.06. The maximum Gasteiger partial charge on any atom is 0.192 e. The van der Waals surface area contributed by atoms with E-state index in [1.165, 1.54) is 12.1 Å². The molecule has 4 nitrogen and oxygen atoms in total. The van der Waals surface area contributed by atoms with Gasteiger partial charge in [0.1, 0.15) is 11.6 Å². The van der Waals surface area contributed by atoms with Gasteiger partial charge in [-0.2, -0.15) is 0 Å². The molecule has 114 valence electrons. The average molecular weight is 295 g/mol. The first-order valence-electron chi connectivity index (χ1n) is 7.15. The van der Waals surface area contributed by atoms with Crippen LogP contribution in [0.25, 0.3) is 0 Å². The Balaban J connectivity index is 1.90. The number of hydrogen-bond acceptors (Lipinski definition) is 4. The molecule has 0 bridgehead atoms. The van der Waals surface area contributed by atoms with E-state index in [4.69, 9.17) is 10.5 Å². The first-order chi connectivity index (χ1) is 9.99. The highest BCUT2D eigenvalue weighted by Gasteiger charge is 2.41. The van der Waals surface area contributed by atoms with Gasteiger partial charge >= 0.3 is 0 Å². The summed E-state index contributed by atoms with van der Waals surface area (Å²) in [6.45, 7) is 3.62. The summed E-state index contributed by atoms with van der Waals surface area (Å²) in [5.41, 5.74) is 5.88. The standard InChI is InChI=1S/C15H19F2N3O/c1-15(10-5-11(16)7-12(17)6-10)9-19-14(18)20(15)8-13-3-2-4-21-13/h5-7,13H,2-4,8-9H2,1H3,(H2,18,19). The van der Waals surface area contributed by atoms with Gasteiger partial charge in [0.05, 0.1) is 18.2 Å². The van der Waals surface area contributed by atoms with Crippen LogP contribution < -0.4 is 5.73 Å². The third-order valence-electron chi connectivity index (χ3n) is 4.32. The highest BCUT2D eigenvalue weighted by Crippen LogP contribution is 2.34. The number of nitrogens with zero attached hydrogens (tertiary/aromatic N) is 2. The molecule has 2 atom stereocenters.